The first-order valence-electron chi connectivity index (χ1n) is 9.77. The van der Waals surface area contributed by atoms with Gasteiger partial charge in [-0.2, -0.15) is 0 Å². The average molecular weight is 417 g/mol. The maximum atomic E-state index is 14.4. The van der Waals surface area contributed by atoms with Crippen LogP contribution in [-0.4, -0.2) is 25.3 Å². The van der Waals surface area contributed by atoms with Gasteiger partial charge in [0.25, 0.3) is 5.91 Å². The number of amides is 1. The van der Waals surface area contributed by atoms with E-state index >= 15 is 0 Å². The molecule has 1 aromatic rings. The summed E-state index contributed by atoms with van der Waals surface area (Å²) in [6, 6.07) is 4.86. The van der Waals surface area contributed by atoms with Crippen molar-refractivity contribution < 1.29 is 17.6 Å². The second-order valence-corrected chi connectivity index (χ2v) is 9.14. The Morgan fingerprint density at radius 2 is 1.93 bits per heavy atom. The maximum Gasteiger partial charge on any atom is 0.283 e. The minimum absolute atomic E-state index is 0.000268. The predicted octanol–water partition coefficient (Wildman–Crippen LogP) is 3.68. The fourth-order valence-electron chi connectivity index (χ4n) is 3.54. The number of halogens is 1. The van der Waals surface area contributed by atoms with Crippen LogP contribution in [0.15, 0.2) is 59.3 Å². The zero-order chi connectivity index (χ0) is 21.2. The summed E-state index contributed by atoms with van der Waals surface area (Å²) in [5.41, 5.74) is 1.77. The molecule has 154 valence electrons. The normalized spacial score (nSPS) is 23.7. The second kappa shape index (κ2) is 8.45. The molecule has 0 saturated carbocycles. The molecule has 2 aliphatic rings. The van der Waals surface area contributed by atoms with E-state index in [9.17, 15) is 17.6 Å². The van der Waals surface area contributed by atoms with Gasteiger partial charge in [-0.15, -0.1) is 0 Å². The average Bonchev–Trinajstić information content (AvgIpc) is 3.12. The number of hydrogen-bond acceptors (Lipinski definition) is 4. The number of nitrogens with zero attached hydrogens (tertiary/aromatic N) is 1. The molecule has 1 N–H and O–H groups in total. The van der Waals surface area contributed by atoms with Gasteiger partial charge in [-0.05, 0) is 42.5 Å². The van der Waals surface area contributed by atoms with Crippen molar-refractivity contribution in [1.82, 2.24) is 4.72 Å². The van der Waals surface area contributed by atoms with Crippen molar-refractivity contribution in [2.24, 2.45) is 16.8 Å². The molecule has 0 aromatic heterocycles. The van der Waals surface area contributed by atoms with Gasteiger partial charge in [-0.25, -0.2) is 22.5 Å². The largest absolute Gasteiger partial charge is 0.283 e. The quantitative estimate of drug-likeness (QED) is 0.769. The summed E-state index contributed by atoms with van der Waals surface area (Å²) in [5, 5.41) is -0.831. The van der Waals surface area contributed by atoms with Gasteiger partial charge < -0.3 is 0 Å². The Hall–Kier alpha value is -2.54. The van der Waals surface area contributed by atoms with Crippen LogP contribution < -0.4 is 4.72 Å². The summed E-state index contributed by atoms with van der Waals surface area (Å²) in [7, 11) is -3.92. The molecule has 0 radical (unpaired) electrons. The summed E-state index contributed by atoms with van der Waals surface area (Å²) in [6.45, 7) is 5.66. The first-order valence-corrected chi connectivity index (χ1v) is 11.3. The third kappa shape index (κ3) is 4.40. The molecule has 1 amide bonds. The Labute approximate surface area is 171 Å². The van der Waals surface area contributed by atoms with Crippen molar-refractivity contribution in [3.05, 3.63) is 71.2 Å². The Balaban J connectivity index is 1.86. The summed E-state index contributed by atoms with van der Waals surface area (Å²) >= 11 is 0. The Morgan fingerprint density at radius 1 is 1.21 bits per heavy atom. The number of carbonyl (C=O) groups is 1. The molecule has 0 bridgehead atoms. The highest BCUT2D eigenvalue weighted by molar-refractivity contribution is 7.90. The van der Waals surface area contributed by atoms with E-state index in [-0.39, 0.29) is 17.5 Å². The SMILES string of the molecule is CCc1ccc(F)c(C2=NC(C(=O)NS(=O)(=O)C3C=CC=CC3C)=CC2CC)c1. The van der Waals surface area contributed by atoms with E-state index in [2.05, 4.69) is 9.71 Å². The molecule has 3 rings (SSSR count). The standard InChI is InChI=1S/C22H25FN2O3S/c1-4-15-10-11-18(23)17(12-15)21-16(5-2)13-19(24-21)22(26)25-29(27,28)20-9-7-6-8-14(20)3/h6-14,16,20H,4-5H2,1-3H3,(H,25,26). The van der Waals surface area contributed by atoms with E-state index < -0.39 is 27.0 Å². The Morgan fingerprint density at radius 3 is 2.59 bits per heavy atom. The molecule has 1 aliphatic carbocycles. The van der Waals surface area contributed by atoms with Crippen LogP contribution in [0.3, 0.4) is 0 Å². The van der Waals surface area contributed by atoms with E-state index in [4.69, 9.17) is 0 Å². The van der Waals surface area contributed by atoms with Gasteiger partial charge in [0, 0.05) is 11.5 Å². The van der Waals surface area contributed by atoms with Crippen LogP contribution >= 0.6 is 0 Å². The molecule has 1 aromatic carbocycles. The predicted molar refractivity (Wildman–Crippen MR) is 112 cm³/mol. The van der Waals surface area contributed by atoms with Crippen LogP contribution in [0.4, 0.5) is 4.39 Å². The molecular formula is C22H25FN2O3S. The minimum atomic E-state index is -3.92. The minimum Gasteiger partial charge on any atom is -0.266 e. The van der Waals surface area contributed by atoms with Crippen LogP contribution in [0.1, 0.15) is 38.3 Å². The fraction of sp³-hybridized carbons (Fsp3) is 0.364. The molecule has 29 heavy (non-hydrogen) atoms. The van der Waals surface area contributed by atoms with E-state index in [0.717, 1.165) is 12.0 Å². The number of aliphatic imine (C=N–C) groups is 1. The number of benzene rings is 1. The molecule has 3 unspecified atom stereocenters. The molecular weight excluding hydrogens is 391 g/mol. The van der Waals surface area contributed by atoms with Gasteiger partial charge >= 0.3 is 0 Å². The fourth-order valence-corrected chi connectivity index (χ4v) is 4.99. The summed E-state index contributed by atoms with van der Waals surface area (Å²) < 4.78 is 41.9. The smallest absolute Gasteiger partial charge is 0.266 e. The number of hydrogen-bond donors (Lipinski definition) is 1. The number of nitrogens with one attached hydrogen (secondary N) is 1. The highest BCUT2D eigenvalue weighted by atomic mass is 32.2. The lowest BCUT2D eigenvalue weighted by Gasteiger charge is -2.20. The van der Waals surface area contributed by atoms with Gasteiger partial charge in [-0.1, -0.05) is 51.1 Å². The van der Waals surface area contributed by atoms with Gasteiger partial charge in [0.1, 0.15) is 16.8 Å². The summed E-state index contributed by atoms with van der Waals surface area (Å²) in [6.07, 6.45) is 9.73. The van der Waals surface area contributed by atoms with Crippen molar-refractivity contribution in [2.45, 2.75) is 38.9 Å². The summed E-state index contributed by atoms with van der Waals surface area (Å²) in [5.74, 6) is -1.71. The lowest BCUT2D eigenvalue weighted by atomic mass is 9.93. The monoisotopic (exact) mass is 416 g/mol. The van der Waals surface area contributed by atoms with Crippen LogP contribution in [0.5, 0.6) is 0 Å². The van der Waals surface area contributed by atoms with Crippen molar-refractivity contribution >= 4 is 21.6 Å². The van der Waals surface area contributed by atoms with Crippen molar-refractivity contribution in [3.63, 3.8) is 0 Å². The molecule has 0 fully saturated rings. The number of sulfonamides is 1. The van der Waals surface area contributed by atoms with Crippen molar-refractivity contribution in [3.8, 4) is 0 Å². The lowest BCUT2D eigenvalue weighted by Crippen LogP contribution is -2.40. The topological polar surface area (TPSA) is 75.6 Å². The number of allylic oxidation sites excluding steroid dienone is 4. The van der Waals surface area contributed by atoms with Crippen LogP contribution in [0.2, 0.25) is 0 Å². The van der Waals surface area contributed by atoms with E-state index in [1.54, 1.807) is 49.4 Å². The molecule has 1 aliphatic heterocycles. The van der Waals surface area contributed by atoms with E-state index in [1.165, 1.54) is 6.07 Å². The van der Waals surface area contributed by atoms with E-state index in [1.807, 2.05) is 13.8 Å². The Bertz CT molecular complexity index is 1040. The van der Waals surface area contributed by atoms with Crippen LogP contribution in [-0.2, 0) is 21.2 Å². The Kier molecular flexibility index (Phi) is 6.17. The first kappa shape index (κ1) is 21.2. The second-order valence-electron chi connectivity index (χ2n) is 7.30. The zero-order valence-corrected chi connectivity index (χ0v) is 17.5. The van der Waals surface area contributed by atoms with Gasteiger partial charge in [0.2, 0.25) is 10.0 Å². The molecule has 1 heterocycles. The zero-order valence-electron chi connectivity index (χ0n) is 16.7. The molecule has 0 spiro atoms. The van der Waals surface area contributed by atoms with Crippen LogP contribution in [0, 0.1) is 17.7 Å². The molecule has 3 atom stereocenters. The first-order chi connectivity index (χ1) is 13.8. The number of aryl methyl sites for hydroxylation is 1. The van der Waals surface area contributed by atoms with E-state index in [0.29, 0.717) is 17.7 Å². The van der Waals surface area contributed by atoms with Crippen molar-refractivity contribution in [2.75, 3.05) is 0 Å². The lowest BCUT2D eigenvalue weighted by molar-refractivity contribution is -0.115. The number of carbonyl (C=O) groups excluding carboxylic acids is 1. The van der Waals surface area contributed by atoms with Crippen molar-refractivity contribution in [1.29, 1.82) is 0 Å². The molecule has 5 nitrogen and oxygen atoms in total. The highest BCUT2D eigenvalue weighted by Gasteiger charge is 2.33. The third-order valence-corrected chi connectivity index (χ3v) is 7.05. The number of rotatable bonds is 6. The van der Waals surface area contributed by atoms with Gasteiger partial charge in [-0.3, -0.25) is 4.79 Å². The van der Waals surface area contributed by atoms with Gasteiger partial charge in [0.05, 0.1) is 5.71 Å². The third-order valence-electron chi connectivity index (χ3n) is 5.28. The van der Waals surface area contributed by atoms with Crippen LogP contribution in [0.25, 0.3) is 0 Å². The highest BCUT2D eigenvalue weighted by Crippen LogP contribution is 2.27. The summed E-state index contributed by atoms with van der Waals surface area (Å²) in [4.78, 5) is 17.0. The van der Waals surface area contributed by atoms with Gasteiger partial charge in [0.15, 0.2) is 0 Å². The molecule has 7 heteroatoms. The maximum absolute atomic E-state index is 14.4. The molecule has 0 saturated heterocycles.